The minimum atomic E-state index is -3.27. The molecule has 0 aliphatic carbocycles. The van der Waals surface area contributed by atoms with Gasteiger partial charge in [0.2, 0.25) is 10.0 Å². The van der Waals surface area contributed by atoms with Crippen molar-refractivity contribution in [3.63, 3.8) is 0 Å². The number of rotatable bonds is 3. The Morgan fingerprint density at radius 2 is 1.65 bits per heavy atom. The molecule has 0 amide bonds. The molecule has 0 unspecified atom stereocenters. The molecule has 1 aromatic carbocycles. The van der Waals surface area contributed by atoms with Crippen molar-refractivity contribution in [2.24, 2.45) is 0 Å². The molecule has 94 valence electrons. The van der Waals surface area contributed by atoms with Gasteiger partial charge in [-0.1, -0.05) is 34.5 Å². The number of halogens is 1. The zero-order valence-corrected chi connectivity index (χ0v) is 12.0. The maximum absolute atomic E-state index is 12.3. The Hall–Kier alpha value is -0.390. The molecular formula is C12H16BrNO2S. The van der Waals surface area contributed by atoms with Gasteiger partial charge < -0.3 is 0 Å². The van der Waals surface area contributed by atoms with Gasteiger partial charge in [-0.3, -0.25) is 0 Å². The number of piperidine rings is 1. The third-order valence-corrected chi connectivity index (χ3v) is 5.59. The van der Waals surface area contributed by atoms with Gasteiger partial charge in [0.1, 0.15) is 0 Å². The fraction of sp³-hybridized carbons (Fsp3) is 0.500. The molecule has 0 radical (unpaired) electrons. The first kappa shape index (κ1) is 13.1. The molecule has 0 N–H and O–H groups in total. The van der Waals surface area contributed by atoms with Gasteiger partial charge in [-0.15, -0.1) is 0 Å². The maximum atomic E-state index is 12.3. The van der Waals surface area contributed by atoms with Crippen LogP contribution in [0.5, 0.6) is 0 Å². The van der Waals surface area contributed by atoms with E-state index in [4.69, 9.17) is 0 Å². The van der Waals surface area contributed by atoms with Crippen LogP contribution in [0.4, 0.5) is 0 Å². The van der Waals surface area contributed by atoms with Crippen molar-refractivity contribution < 1.29 is 8.42 Å². The number of nitrogens with zero attached hydrogens (tertiary/aromatic N) is 1. The van der Waals surface area contributed by atoms with Crippen molar-refractivity contribution >= 4 is 26.0 Å². The first-order valence-corrected chi connectivity index (χ1v) is 8.36. The summed E-state index contributed by atoms with van der Waals surface area (Å²) in [6.07, 6.45) is 3.08. The van der Waals surface area contributed by atoms with Crippen molar-refractivity contribution in [3.8, 4) is 0 Å². The van der Waals surface area contributed by atoms with E-state index in [1.165, 1.54) is 0 Å². The van der Waals surface area contributed by atoms with Crippen LogP contribution in [0.15, 0.2) is 29.2 Å². The Labute approximate surface area is 111 Å². The molecule has 1 aromatic rings. The van der Waals surface area contributed by atoms with Crippen LogP contribution < -0.4 is 0 Å². The Kier molecular flexibility index (Phi) is 4.22. The quantitative estimate of drug-likeness (QED) is 0.804. The highest BCUT2D eigenvalue weighted by Crippen LogP contribution is 2.21. The number of benzene rings is 1. The van der Waals surface area contributed by atoms with E-state index in [0.29, 0.717) is 18.0 Å². The Morgan fingerprint density at radius 1 is 1.06 bits per heavy atom. The van der Waals surface area contributed by atoms with E-state index in [1.807, 2.05) is 12.1 Å². The highest BCUT2D eigenvalue weighted by molar-refractivity contribution is 9.08. The standard InChI is InChI=1S/C12H16BrNO2S/c13-10-11-4-6-12(7-5-11)17(15,16)14-8-2-1-3-9-14/h4-7H,1-3,8-10H2. The van der Waals surface area contributed by atoms with Gasteiger partial charge in [-0.25, -0.2) is 8.42 Å². The van der Waals surface area contributed by atoms with E-state index in [-0.39, 0.29) is 0 Å². The first-order valence-electron chi connectivity index (χ1n) is 5.79. The van der Waals surface area contributed by atoms with E-state index >= 15 is 0 Å². The van der Waals surface area contributed by atoms with Crippen LogP contribution in [0.3, 0.4) is 0 Å². The zero-order chi connectivity index (χ0) is 12.3. The second kappa shape index (κ2) is 5.50. The Balaban J connectivity index is 2.23. The highest BCUT2D eigenvalue weighted by Gasteiger charge is 2.25. The summed E-state index contributed by atoms with van der Waals surface area (Å²) >= 11 is 3.35. The lowest BCUT2D eigenvalue weighted by molar-refractivity contribution is 0.346. The molecule has 0 spiro atoms. The van der Waals surface area contributed by atoms with Crippen molar-refractivity contribution in [3.05, 3.63) is 29.8 Å². The highest BCUT2D eigenvalue weighted by atomic mass is 79.9. The van der Waals surface area contributed by atoms with Gasteiger partial charge in [0, 0.05) is 18.4 Å². The van der Waals surface area contributed by atoms with Gasteiger partial charge in [0.05, 0.1) is 4.90 Å². The predicted molar refractivity (Wildman–Crippen MR) is 71.7 cm³/mol. The molecule has 1 heterocycles. The largest absolute Gasteiger partial charge is 0.243 e. The predicted octanol–water partition coefficient (Wildman–Crippen LogP) is 2.76. The number of alkyl halides is 1. The van der Waals surface area contributed by atoms with Gasteiger partial charge >= 0.3 is 0 Å². The van der Waals surface area contributed by atoms with Gasteiger partial charge in [0.25, 0.3) is 0 Å². The van der Waals surface area contributed by atoms with Crippen LogP contribution in [0.2, 0.25) is 0 Å². The molecule has 1 aliphatic heterocycles. The molecule has 0 bridgehead atoms. The monoisotopic (exact) mass is 317 g/mol. The molecule has 3 nitrogen and oxygen atoms in total. The summed E-state index contributed by atoms with van der Waals surface area (Å²) < 4.78 is 26.2. The summed E-state index contributed by atoms with van der Waals surface area (Å²) in [6.45, 7) is 1.31. The fourth-order valence-corrected chi connectivity index (χ4v) is 3.90. The Morgan fingerprint density at radius 3 is 2.18 bits per heavy atom. The molecule has 0 atom stereocenters. The van der Waals surface area contributed by atoms with Crippen LogP contribution in [-0.2, 0) is 15.4 Å². The molecule has 17 heavy (non-hydrogen) atoms. The van der Waals surface area contributed by atoms with Crippen LogP contribution >= 0.6 is 15.9 Å². The minimum Gasteiger partial charge on any atom is -0.207 e. The lowest BCUT2D eigenvalue weighted by Gasteiger charge is -2.25. The average Bonchev–Trinajstić information content (AvgIpc) is 2.40. The molecule has 1 aliphatic rings. The summed E-state index contributed by atoms with van der Waals surface area (Å²) in [5, 5.41) is 0.747. The molecule has 0 aromatic heterocycles. The molecule has 1 saturated heterocycles. The van der Waals surface area contributed by atoms with Crippen LogP contribution in [-0.4, -0.2) is 25.8 Å². The van der Waals surface area contributed by atoms with E-state index < -0.39 is 10.0 Å². The van der Waals surface area contributed by atoms with Crippen molar-refractivity contribution in [1.29, 1.82) is 0 Å². The third-order valence-electron chi connectivity index (χ3n) is 3.03. The average molecular weight is 318 g/mol. The van der Waals surface area contributed by atoms with Crippen LogP contribution in [0.1, 0.15) is 24.8 Å². The van der Waals surface area contributed by atoms with E-state index in [9.17, 15) is 8.42 Å². The Bertz CT molecular complexity index is 464. The zero-order valence-electron chi connectivity index (χ0n) is 9.60. The first-order chi connectivity index (χ1) is 8.14. The smallest absolute Gasteiger partial charge is 0.207 e. The SMILES string of the molecule is O=S(=O)(c1ccc(CBr)cc1)N1CCCCC1. The topological polar surface area (TPSA) is 37.4 Å². The van der Waals surface area contributed by atoms with Gasteiger partial charge in [-0.2, -0.15) is 4.31 Å². The van der Waals surface area contributed by atoms with Gasteiger partial charge in [-0.05, 0) is 30.5 Å². The summed E-state index contributed by atoms with van der Waals surface area (Å²) in [4.78, 5) is 0.407. The molecule has 0 saturated carbocycles. The number of hydrogen-bond acceptors (Lipinski definition) is 2. The second-order valence-electron chi connectivity index (χ2n) is 4.24. The molecule has 5 heteroatoms. The summed E-state index contributed by atoms with van der Waals surface area (Å²) in [5.41, 5.74) is 1.09. The van der Waals surface area contributed by atoms with Crippen molar-refractivity contribution in [2.45, 2.75) is 29.5 Å². The molecule has 1 fully saturated rings. The van der Waals surface area contributed by atoms with Crippen molar-refractivity contribution in [1.82, 2.24) is 4.31 Å². The van der Waals surface area contributed by atoms with Gasteiger partial charge in [0.15, 0.2) is 0 Å². The molecule has 2 rings (SSSR count). The minimum absolute atomic E-state index is 0.407. The van der Waals surface area contributed by atoms with E-state index in [1.54, 1.807) is 16.4 Å². The number of sulfonamides is 1. The van der Waals surface area contributed by atoms with E-state index in [0.717, 1.165) is 30.2 Å². The van der Waals surface area contributed by atoms with E-state index in [2.05, 4.69) is 15.9 Å². The normalized spacial score (nSPS) is 18.2. The summed E-state index contributed by atoms with van der Waals surface area (Å²) in [5.74, 6) is 0. The summed E-state index contributed by atoms with van der Waals surface area (Å²) in [7, 11) is -3.27. The van der Waals surface area contributed by atoms with Crippen molar-refractivity contribution in [2.75, 3.05) is 13.1 Å². The van der Waals surface area contributed by atoms with Crippen LogP contribution in [0, 0.1) is 0 Å². The molecular weight excluding hydrogens is 302 g/mol. The number of hydrogen-bond donors (Lipinski definition) is 0. The lowest BCUT2D eigenvalue weighted by Crippen LogP contribution is -2.35. The maximum Gasteiger partial charge on any atom is 0.243 e. The third kappa shape index (κ3) is 2.89. The lowest BCUT2D eigenvalue weighted by atomic mass is 10.2. The fourth-order valence-electron chi connectivity index (χ4n) is 2.00. The summed E-state index contributed by atoms with van der Waals surface area (Å²) in [6, 6.07) is 7.10. The second-order valence-corrected chi connectivity index (χ2v) is 6.74. The van der Waals surface area contributed by atoms with Crippen LogP contribution in [0.25, 0.3) is 0 Å².